The first-order valence-electron chi connectivity index (χ1n) is 10.4. The van der Waals surface area contributed by atoms with Gasteiger partial charge in [0.1, 0.15) is 0 Å². The Kier molecular flexibility index (Phi) is 8.62. The predicted octanol–water partition coefficient (Wildman–Crippen LogP) is 4.53. The highest BCUT2D eigenvalue weighted by molar-refractivity contribution is 5.89. The molecule has 0 unspecified atom stereocenters. The van der Waals surface area contributed by atoms with E-state index in [2.05, 4.69) is 38.2 Å². The van der Waals surface area contributed by atoms with Crippen LogP contribution in [-0.2, 0) is 11.2 Å². The summed E-state index contributed by atoms with van der Waals surface area (Å²) in [5, 5.41) is 2.99. The van der Waals surface area contributed by atoms with E-state index in [0.29, 0.717) is 32.0 Å². The van der Waals surface area contributed by atoms with Crippen LogP contribution in [0.25, 0.3) is 0 Å². The summed E-state index contributed by atoms with van der Waals surface area (Å²) in [4.78, 5) is 28.7. The average Bonchev–Trinajstić information content (AvgIpc) is 2.92. The van der Waals surface area contributed by atoms with Gasteiger partial charge in [-0.3, -0.25) is 4.79 Å². The summed E-state index contributed by atoms with van der Waals surface area (Å²) in [6.45, 7) is 9.11. The molecule has 1 aliphatic heterocycles. The fraction of sp³-hybridized carbons (Fsp3) is 0.636. The molecule has 3 amide bonds. The van der Waals surface area contributed by atoms with Crippen LogP contribution in [0.4, 0.5) is 10.5 Å². The minimum Gasteiger partial charge on any atom is -0.341 e. The molecule has 1 saturated heterocycles. The average molecular weight is 374 g/mol. The maximum atomic E-state index is 12.6. The molecule has 2 rings (SSSR count). The van der Waals surface area contributed by atoms with Gasteiger partial charge in [-0.2, -0.15) is 0 Å². The summed E-state index contributed by atoms with van der Waals surface area (Å²) in [6, 6.07) is 8.05. The van der Waals surface area contributed by atoms with E-state index in [1.165, 1.54) is 18.4 Å². The number of hydrogen-bond donors (Lipinski definition) is 1. The molecule has 1 aromatic rings. The maximum absolute atomic E-state index is 12.6. The minimum absolute atomic E-state index is 0.0761. The molecule has 1 heterocycles. The quantitative estimate of drug-likeness (QED) is 0.763. The number of nitrogens with zero attached hydrogens (tertiary/aromatic N) is 2. The number of hydrogen-bond acceptors (Lipinski definition) is 2. The molecule has 1 aromatic carbocycles. The van der Waals surface area contributed by atoms with Gasteiger partial charge in [-0.15, -0.1) is 0 Å². The fourth-order valence-electron chi connectivity index (χ4n) is 3.28. The van der Waals surface area contributed by atoms with E-state index in [1.807, 2.05) is 21.9 Å². The van der Waals surface area contributed by atoms with Crippen LogP contribution in [0.15, 0.2) is 24.3 Å². The van der Waals surface area contributed by atoms with Crippen molar-refractivity contribution in [3.63, 3.8) is 0 Å². The lowest BCUT2D eigenvalue weighted by Crippen LogP contribution is -2.39. The number of carbonyl (C=O) groups is 2. The molecule has 0 spiro atoms. The molecule has 0 aliphatic carbocycles. The number of carbonyl (C=O) groups excluding carboxylic acids is 2. The van der Waals surface area contributed by atoms with Gasteiger partial charge in [-0.05, 0) is 49.3 Å². The zero-order chi connectivity index (χ0) is 19.6. The summed E-state index contributed by atoms with van der Waals surface area (Å²) in [5.41, 5.74) is 2.13. The summed E-state index contributed by atoms with van der Waals surface area (Å²) >= 11 is 0. The Bertz CT molecular complexity index is 598. The van der Waals surface area contributed by atoms with Gasteiger partial charge in [0.2, 0.25) is 5.91 Å². The van der Waals surface area contributed by atoms with Crippen molar-refractivity contribution in [3.8, 4) is 0 Å². The number of aryl methyl sites for hydroxylation is 1. The lowest BCUT2D eigenvalue weighted by molar-refractivity contribution is -0.131. The molecule has 150 valence electrons. The maximum Gasteiger partial charge on any atom is 0.321 e. The normalized spacial score (nSPS) is 15.0. The number of benzene rings is 1. The molecule has 1 aliphatic rings. The van der Waals surface area contributed by atoms with Crippen molar-refractivity contribution in [2.75, 3.05) is 31.5 Å². The Morgan fingerprint density at radius 3 is 2.37 bits per heavy atom. The van der Waals surface area contributed by atoms with Gasteiger partial charge >= 0.3 is 6.03 Å². The molecule has 0 saturated carbocycles. The van der Waals surface area contributed by atoms with Gasteiger partial charge in [0.05, 0.1) is 0 Å². The van der Waals surface area contributed by atoms with E-state index in [9.17, 15) is 9.59 Å². The van der Waals surface area contributed by atoms with Crippen molar-refractivity contribution in [3.05, 3.63) is 29.8 Å². The number of nitrogens with one attached hydrogen (secondary N) is 1. The van der Waals surface area contributed by atoms with Crippen LogP contribution < -0.4 is 5.32 Å². The van der Waals surface area contributed by atoms with Crippen molar-refractivity contribution in [1.29, 1.82) is 0 Å². The molecule has 27 heavy (non-hydrogen) atoms. The highest BCUT2D eigenvalue weighted by Crippen LogP contribution is 2.14. The molecular formula is C22H35N3O2. The van der Waals surface area contributed by atoms with Crippen molar-refractivity contribution in [1.82, 2.24) is 9.80 Å². The van der Waals surface area contributed by atoms with E-state index >= 15 is 0 Å². The largest absolute Gasteiger partial charge is 0.341 e. The molecule has 0 atom stereocenters. The molecule has 0 radical (unpaired) electrons. The summed E-state index contributed by atoms with van der Waals surface area (Å²) < 4.78 is 0. The minimum atomic E-state index is -0.0761. The topological polar surface area (TPSA) is 52.7 Å². The first kappa shape index (κ1) is 21.3. The third-order valence-corrected chi connectivity index (χ3v) is 5.10. The van der Waals surface area contributed by atoms with Crippen molar-refractivity contribution >= 4 is 17.6 Å². The van der Waals surface area contributed by atoms with E-state index in [1.54, 1.807) is 0 Å². The number of urea groups is 1. The van der Waals surface area contributed by atoms with Gasteiger partial charge in [0.15, 0.2) is 0 Å². The Morgan fingerprint density at radius 1 is 1.04 bits per heavy atom. The lowest BCUT2D eigenvalue weighted by atomic mass is 10.1. The number of anilines is 1. The third-order valence-electron chi connectivity index (χ3n) is 5.10. The SMILES string of the molecule is CCCCc1ccc(NC(=O)N2CCCN(C(=O)CCC(C)C)CC2)cc1. The third kappa shape index (κ3) is 7.24. The van der Waals surface area contributed by atoms with Crippen molar-refractivity contribution in [2.24, 2.45) is 5.92 Å². The van der Waals surface area contributed by atoms with Gasteiger partial charge in [0.25, 0.3) is 0 Å². The first-order chi connectivity index (χ1) is 13.0. The second-order valence-electron chi connectivity index (χ2n) is 7.88. The second-order valence-corrected chi connectivity index (χ2v) is 7.88. The van der Waals surface area contributed by atoms with Crippen LogP contribution >= 0.6 is 0 Å². The zero-order valence-electron chi connectivity index (χ0n) is 17.2. The van der Waals surface area contributed by atoms with Gasteiger partial charge < -0.3 is 15.1 Å². The summed E-state index contributed by atoms with van der Waals surface area (Å²) in [5.74, 6) is 0.755. The second kappa shape index (κ2) is 11.0. The molecule has 0 aromatic heterocycles. The van der Waals surface area contributed by atoms with Crippen LogP contribution in [0.1, 0.15) is 58.4 Å². The highest BCUT2D eigenvalue weighted by atomic mass is 16.2. The van der Waals surface area contributed by atoms with Crippen LogP contribution in [-0.4, -0.2) is 47.9 Å². The van der Waals surface area contributed by atoms with E-state index in [0.717, 1.165) is 31.5 Å². The Labute approximate surface area is 164 Å². The van der Waals surface area contributed by atoms with Crippen LogP contribution in [0, 0.1) is 5.92 Å². The van der Waals surface area contributed by atoms with E-state index in [4.69, 9.17) is 0 Å². The summed E-state index contributed by atoms with van der Waals surface area (Å²) in [6.07, 6.45) is 5.81. The smallest absolute Gasteiger partial charge is 0.321 e. The Hall–Kier alpha value is -2.04. The Morgan fingerprint density at radius 2 is 1.70 bits per heavy atom. The van der Waals surface area contributed by atoms with Crippen molar-refractivity contribution < 1.29 is 9.59 Å². The van der Waals surface area contributed by atoms with Crippen LogP contribution in [0.2, 0.25) is 0 Å². The van der Waals surface area contributed by atoms with Crippen LogP contribution in [0.5, 0.6) is 0 Å². The molecular weight excluding hydrogens is 338 g/mol. The van der Waals surface area contributed by atoms with Gasteiger partial charge in [0, 0.05) is 38.3 Å². The molecule has 5 heteroatoms. The molecule has 1 N–H and O–H groups in total. The molecule has 1 fully saturated rings. The molecule has 5 nitrogen and oxygen atoms in total. The van der Waals surface area contributed by atoms with E-state index in [-0.39, 0.29) is 11.9 Å². The number of amides is 3. The zero-order valence-corrected chi connectivity index (χ0v) is 17.2. The predicted molar refractivity (Wildman–Crippen MR) is 111 cm³/mol. The highest BCUT2D eigenvalue weighted by Gasteiger charge is 2.22. The van der Waals surface area contributed by atoms with Crippen molar-refractivity contribution in [2.45, 2.75) is 59.3 Å². The fourth-order valence-corrected chi connectivity index (χ4v) is 3.28. The standard InChI is InChI=1S/C22H35N3O2/c1-4-5-7-19-9-11-20(12-10-19)23-22(27)25-15-6-14-24(16-17-25)21(26)13-8-18(2)3/h9-12,18H,4-8,13-17H2,1-3H3,(H,23,27). The van der Waals surface area contributed by atoms with Crippen LogP contribution in [0.3, 0.4) is 0 Å². The molecule has 0 bridgehead atoms. The monoisotopic (exact) mass is 373 g/mol. The number of unbranched alkanes of at least 4 members (excludes halogenated alkanes) is 1. The number of rotatable bonds is 7. The van der Waals surface area contributed by atoms with E-state index < -0.39 is 0 Å². The Balaban J connectivity index is 1.82. The lowest BCUT2D eigenvalue weighted by Gasteiger charge is -2.23. The summed E-state index contributed by atoms with van der Waals surface area (Å²) in [7, 11) is 0. The van der Waals surface area contributed by atoms with Gasteiger partial charge in [-0.25, -0.2) is 4.79 Å². The van der Waals surface area contributed by atoms with Gasteiger partial charge in [-0.1, -0.05) is 39.3 Å². The first-order valence-corrected chi connectivity index (χ1v) is 10.4.